The van der Waals surface area contributed by atoms with Crippen LogP contribution in [-0.4, -0.2) is 54.2 Å². The molecule has 1 aromatic carbocycles. The van der Waals surface area contributed by atoms with Gasteiger partial charge in [0.15, 0.2) is 16.8 Å². The molecule has 1 fully saturated rings. The minimum absolute atomic E-state index is 0.0956. The van der Waals surface area contributed by atoms with Gasteiger partial charge in [-0.25, -0.2) is 23.7 Å². The van der Waals surface area contributed by atoms with Crippen LogP contribution in [0.3, 0.4) is 0 Å². The maximum Gasteiger partial charge on any atom is 0.186 e. The van der Waals surface area contributed by atoms with Crippen molar-refractivity contribution in [3.63, 3.8) is 0 Å². The number of hydrogen-bond donors (Lipinski definition) is 2. The Morgan fingerprint density at radius 3 is 2.69 bits per heavy atom. The Bertz CT molecular complexity index is 1120. The zero-order chi connectivity index (χ0) is 22.1. The summed E-state index contributed by atoms with van der Waals surface area (Å²) in [4.78, 5) is 18.3. The molecule has 3 aromatic rings. The fourth-order valence-electron chi connectivity index (χ4n) is 3.87. The number of fused-ring (bicyclic) bond motifs is 1. The molecular formula is C21H22ClF2N7S. The van der Waals surface area contributed by atoms with Gasteiger partial charge in [-0.3, -0.25) is 0 Å². The van der Waals surface area contributed by atoms with E-state index in [0.29, 0.717) is 30.4 Å². The van der Waals surface area contributed by atoms with Crippen LogP contribution in [0.2, 0.25) is 5.02 Å². The second kappa shape index (κ2) is 9.13. The first-order valence-electron chi connectivity index (χ1n) is 10.5. The molecule has 0 saturated carbocycles. The molecule has 7 nitrogen and oxygen atoms in total. The van der Waals surface area contributed by atoms with Crippen molar-refractivity contribution in [2.45, 2.75) is 13.0 Å². The third-order valence-corrected chi connectivity index (χ3v) is 6.89. The number of piperazine rings is 1. The fraction of sp³-hybridized carbons (Fsp3) is 0.381. The zero-order valence-electron chi connectivity index (χ0n) is 17.2. The van der Waals surface area contributed by atoms with Crippen molar-refractivity contribution in [2.24, 2.45) is 0 Å². The van der Waals surface area contributed by atoms with Crippen molar-refractivity contribution >= 4 is 39.7 Å². The number of benzene rings is 1. The van der Waals surface area contributed by atoms with E-state index in [2.05, 4.69) is 20.5 Å². The van der Waals surface area contributed by atoms with Crippen LogP contribution in [0.5, 0.6) is 0 Å². The molecule has 0 radical (unpaired) electrons. The van der Waals surface area contributed by atoms with Crippen LogP contribution < -0.4 is 20.4 Å². The first kappa shape index (κ1) is 21.3. The molecule has 0 amide bonds. The van der Waals surface area contributed by atoms with Gasteiger partial charge in [0, 0.05) is 56.8 Å². The molecule has 5 rings (SSSR count). The van der Waals surface area contributed by atoms with Crippen LogP contribution in [0.25, 0.3) is 11.4 Å². The topological polar surface area (TPSA) is 69.2 Å². The van der Waals surface area contributed by atoms with Crippen LogP contribution in [0.4, 0.5) is 25.5 Å². The Labute approximate surface area is 193 Å². The van der Waals surface area contributed by atoms with Gasteiger partial charge < -0.3 is 20.4 Å². The Morgan fingerprint density at radius 1 is 1.03 bits per heavy atom. The van der Waals surface area contributed by atoms with E-state index >= 15 is 0 Å². The van der Waals surface area contributed by atoms with Gasteiger partial charge >= 0.3 is 0 Å². The minimum atomic E-state index is -0.640. The summed E-state index contributed by atoms with van der Waals surface area (Å²) < 4.78 is 28.4. The monoisotopic (exact) mass is 477 g/mol. The normalized spacial score (nSPS) is 16.5. The molecule has 0 aliphatic carbocycles. The van der Waals surface area contributed by atoms with E-state index in [0.717, 1.165) is 55.6 Å². The van der Waals surface area contributed by atoms with Gasteiger partial charge in [0.05, 0.1) is 11.2 Å². The highest BCUT2D eigenvalue weighted by Gasteiger charge is 2.23. The summed E-state index contributed by atoms with van der Waals surface area (Å²) in [5, 5.41) is 9.34. The lowest BCUT2D eigenvalue weighted by molar-refractivity contribution is 0.580. The second-order valence-corrected chi connectivity index (χ2v) is 8.92. The molecule has 2 aliphatic heterocycles. The Hall–Kier alpha value is -2.56. The van der Waals surface area contributed by atoms with Crippen LogP contribution in [0, 0.1) is 11.6 Å². The third kappa shape index (κ3) is 4.22. The average Bonchev–Trinajstić information content (AvgIpc) is 3.23. The lowest BCUT2D eigenvalue weighted by atomic mass is 10.2. The third-order valence-electron chi connectivity index (χ3n) is 5.58. The number of nitrogens with zero attached hydrogens (tertiary/aromatic N) is 5. The van der Waals surface area contributed by atoms with E-state index in [-0.39, 0.29) is 17.1 Å². The molecule has 1 saturated heterocycles. The predicted molar refractivity (Wildman–Crippen MR) is 124 cm³/mol. The summed E-state index contributed by atoms with van der Waals surface area (Å²) in [5.41, 5.74) is 1.50. The average molecular weight is 478 g/mol. The van der Waals surface area contributed by atoms with Gasteiger partial charge in [0.2, 0.25) is 0 Å². The lowest BCUT2D eigenvalue weighted by Gasteiger charge is -2.26. The quantitative estimate of drug-likeness (QED) is 0.554. The standard InChI is InChI=1S/C21H22ClF2N7S/c22-18-13(14(23)2-3-15(18)24)11-31-7-1-4-26-19-20(31)28-16(10-27-19)17-12-32-21(29-17)30-8-5-25-6-9-30/h2-3,10,12,25H,1,4-9,11H2,(H,26,27). The molecule has 0 spiro atoms. The molecule has 0 atom stereocenters. The number of rotatable bonds is 4. The summed E-state index contributed by atoms with van der Waals surface area (Å²) in [6, 6.07) is 2.14. The lowest BCUT2D eigenvalue weighted by Crippen LogP contribution is -2.43. The van der Waals surface area contributed by atoms with Crippen molar-refractivity contribution in [2.75, 3.05) is 54.4 Å². The maximum atomic E-state index is 14.4. The van der Waals surface area contributed by atoms with E-state index < -0.39 is 11.6 Å². The SMILES string of the molecule is Fc1ccc(F)c(CN2CCCNc3ncc(-c4csc(N5CCNCC5)n4)nc32)c1Cl. The summed E-state index contributed by atoms with van der Waals surface area (Å²) in [6.07, 6.45) is 2.49. The molecule has 2 N–H and O–H groups in total. The van der Waals surface area contributed by atoms with E-state index in [1.807, 2.05) is 10.3 Å². The molecule has 0 unspecified atom stereocenters. The Balaban J connectivity index is 1.46. The second-order valence-electron chi connectivity index (χ2n) is 7.70. The highest BCUT2D eigenvalue weighted by Crippen LogP contribution is 2.33. The largest absolute Gasteiger partial charge is 0.367 e. The fourth-order valence-corrected chi connectivity index (χ4v) is 4.96. The summed E-state index contributed by atoms with van der Waals surface area (Å²) in [5.74, 6) is 0.00612. The zero-order valence-corrected chi connectivity index (χ0v) is 18.8. The molecule has 2 aromatic heterocycles. The first-order valence-corrected chi connectivity index (χ1v) is 11.8. The number of nitrogens with one attached hydrogen (secondary N) is 2. The van der Waals surface area contributed by atoms with Gasteiger partial charge in [0.1, 0.15) is 23.0 Å². The molecule has 4 heterocycles. The smallest absolute Gasteiger partial charge is 0.186 e. The highest BCUT2D eigenvalue weighted by atomic mass is 35.5. The van der Waals surface area contributed by atoms with Crippen molar-refractivity contribution in [1.82, 2.24) is 20.3 Å². The van der Waals surface area contributed by atoms with Gasteiger partial charge in [-0.1, -0.05) is 11.6 Å². The minimum Gasteiger partial charge on any atom is -0.367 e. The molecule has 2 aliphatic rings. The number of anilines is 3. The molecule has 11 heteroatoms. The summed E-state index contributed by atoms with van der Waals surface area (Å²) in [7, 11) is 0. The van der Waals surface area contributed by atoms with Gasteiger partial charge in [-0.05, 0) is 18.6 Å². The van der Waals surface area contributed by atoms with Crippen molar-refractivity contribution in [3.8, 4) is 11.4 Å². The Morgan fingerprint density at radius 2 is 1.84 bits per heavy atom. The maximum absolute atomic E-state index is 14.4. The first-order chi connectivity index (χ1) is 15.6. The number of halogens is 3. The van der Waals surface area contributed by atoms with Crippen LogP contribution >= 0.6 is 22.9 Å². The van der Waals surface area contributed by atoms with Crippen molar-refractivity contribution < 1.29 is 8.78 Å². The number of aromatic nitrogens is 3. The summed E-state index contributed by atoms with van der Waals surface area (Å²) >= 11 is 7.66. The van der Waals surface area contributed by atoms with E-state index in [1.54, 1.807) is 17.5 Å². The van der Waals surface area contributed by atoms with Crippen molar-refractivity contribution in [1.29, 1.82) is 0 Å². The number of hydrogen-bond acceptors (Lipinski definition) is 8. The van der Waals surface area contributed by atoms with Gasteiger partial charge in [-0.2, -0.15) is 0 Å². The van der Waals surface area contributed by atoms with E-state index in [1.165, 1.54) is 0 Å². The molecule has 168 valence electrons. The van der Waals surface area contributed by atoms with Crippen LogP contribution in [0.15, 0.2) is 23.7 Å². The number of thiazole rings is 1. The predicted octanol–water partition coefficient (Wildman–Crippen LogP) is 3.76. The van der Waals surface area contributed by atoms with Gasteiger partial charge in [0.25, 0.3) is 0 Å². The van der Waals surface area contributed by atoms with Crippen LogP contribution in [0.1, 0.15) is 12.0 Å². The van der Waals surface area contributed by atoms with E-state index in [9.17, 15) is 8.78 Å². The Kier molecular flexibility index (Phi) is 6.07. The highest BCUT2D eigenvalue weighted by molar-refractivity contribution is 7.14. The van der Waals surface area contributed by atoms with E-state index in [4.69, 9.17) is 21.6 Å². The molecule has 0 bridgehead atoms. The van der Waals surface area contributed by atoms with Gasteiger partial charge in [-0.15, -0.1) is 11.3 Å². The van der Waals surface area contributed by atoms with Crippen LogP contribution in [-0.2, 0) is 6.54 Å². The summed E-state index contributed by atoms with van der Waals surface area (Å²) in [6.45, 7) is 5.12. The van der Waals surface area contributed by atoms with Crippen molar-refractivity contribution in [3.05, 3.63) is 45.9 Å². The molecular weight excluding hydrogens is 456 g/mol. The molecule has 32 heavy (non-hydrogen) atoms.